The molecule has 6 nitrogen and oxygen atoms in total. The number of carbonyl (C=O) groups excluding carboxylic acids is 1. The predicted octanol–water partition coefficient (Wildman–Crippen LogP) is 2.48. The number of hydrogen-bond acceptors (Lipinski definition) is 3. The van der Waals surface area contributed by atoms with Crippen LogP contribution >= 0.6 is 0 Å². The number of fused-ring (bicyclic) bond motifs is 1. The van der Waals surface area contributed by atoms with Crippen LogP contribution in [0.3, 0.4) is 0 Å². The van der Waals surface area contributed by atoms with E-state index in [4.69, 9.17) is 4.74 Å². The number of carboxylic acids is 1. The quantitative estimate of drug-likeness (QED) is 0.780. The van der Waals surface area contributed by atoms with Crippen molar-refractivity contribution in [3.8, 4) is 0 Å². The van der Waals surface area contributed by atoms with Gasteiger partial charge in [0.1, 0.15) is 0 Å². The van der Waals surface area contributed by atoms with Crippen molar-refractivity contribution in [3.05, 3.63) is 0 Å². The van der Waals surface area contributed by atoms with Crippen LogP contribution in [0.25, 0.3) is 0 Å². The Morgan fingerprint density at radius 3 is 2.62 bits per heavy atom. The molecule has 0 spiro atoms. The molecule has 0 radical (unpaired) electrons. The molecule has 0 bridgehead atoms. The monoisotopic (exact) mass is 338 g/mol. The molecule has 136 valence electrons. The van der Waals surface area contributed by atoms with Gasteiger partial charge in [0.15, 0.2) is 0 Å². The lowest BCUT2D eigenvalue weighted by Crippen LogP contribution is -2.45. The normalized spacial score (nSPS) is 31.2. The molecule has 1 saturated heterocycles. The van der Waals surface area contributed by atoms with E-state index < -0.39 is 11.4 Å². The molecule has 0 unspecified atom stereocenters. The Morgan fingerprint density at radius 1 is 1.25 bits per heavy atom. The SMILES string of the molecule is COCCC1(CNC(=O)N2C[C@@H]3CCC[C@@]3(C(=O)O)C2)CCCC1. The Hall–Kier alpha value is -1.30. The molecule has 0 aromatic carbocycles. The van der Waals surface area contributed by atoms with Gasteiger partial charge in [0.25, 0.3) is 0 Å². The minimum absolute atomic E-state index is 0.0892. The summed E-state index contributed by atoms with van der Waals surface area (Å²) in [4.78, 5) is 26.1. The molecular weight excluding hydrogens is 308 g/mol. The average Bonchev–Trinajstić information content (AvgIpc) is 3.25. The number of urea groups is 1. The van der Waals surface area contributed by atoms with Crippen LogP contribution in [0, 0.1) is 16.7 Å². The van der Waals surface area contributed by atoms with E-state index in [1.165, 1.54) is 12.8 Å². The smallest absolute Gasteiger partial charge is 0.317 e. The molecule has 1 aliphatic heterocycles. The molecule has 3 fully saturated rings. The molecule has 0 aromatic rings. The second-order valence-corrected chi connectivity index (χ2v) is 8.04. The summed E-state index contributed by atoms with van der Waals surface area (Å²) >= 11 is 0. The van der Waals surface area contributed by atoms with E-state index in [9.17, 15) is 14.7 Å². The van der Waals surface area contributed by atoms with Crippen molar-refractivity contribution in [1.82, 2.24) is 10.2 Å². The van der Waals surface area contributed by atoms with E-state index in [2.05, 4.69) is 5.32 Å². The Morgan fingerprint density at radius 2 is 2.00 bits per heavy atom. The number of likely N-dealkylation sites (tertiary alicyclic amines) is 1. The highest BCUT2D eigenvalue weighted by molar-refractivity contribution is 5.80. The number of aliphatic carboxylic acids is 1. The standard InChI is InChI=1S/C18H30N2O4/c1-24-10-9-17(6-2-3-7-17)12-19-16(23)20-11-14-5-4-8-18(14,13-20)15(21)22/h14H,2-13H2,1H3,(H,19,23)(H,21,22)/t14-,18+/m0/s1. The molecule has 2 amide bonds. The van der Waals surface area contributed by atoms with Gasteiger partial charge in [0.05, 0.1) is 5.41 Å². The molecular formula is C18H30N2O4. The summed E-state index contributed by atoms with van der Waals surface area (Å²) in [6.45, 7) is 2.35. The zero-order valence-corrected chi connectivity index (χ0v) is 14.7. The van der Waals surface area contributed by atoms with Crippen molar-refractivity contribution in [2.45, 2.75) is 51.4 Å². The van der Waals surface area contributed by atoms with Crippen LogP contribution in [0.15, 0.2) is 0 Å². The van der Waals surface area contributed by atoms with Gasteiger partial charge in [0, 0.05) is 33.4 Å². The van der Waals surface area contributed by atoms with Gasteiger partial charge in [-0.25, -0.2) is 4.79 Å². The van der Waals surface area contributed by atoms with Crippen LogP contribution < -0.4 is 5.32 Å². The highest BCUT2D eigenvalue weighted by Gasteiger charge is 2.55. The largest absolute Gasteiger partial charge is 0.481 e. The molecule has 2 atom stereocenters. The number of nitrogens with one attached hydrogen (secondary N) is 1. The van der Waals surface area contributed by atoms with Gasteiger partial charge in [-0.1, -0.05) is 19.3 Å². The van der Waals surface area contributed by atoms with Crippen LogP contribution in [0.2, 0.25) is 0 Å². The first-order chi connectivity index (χ1) is 11.5. The number of ether oxygens (including phenoxy) is 1. The van der Waals surface area contributed by atoms with E-state index in [-0.39, 0.29) is 17.4 Å². The summed E-state index contributed by atoms with van der Waals surface area (Å²) in [5, 5.41) is 12.7. The maximum absolute atomic E-state index is 12.6. The third kappa shape index (κ3) is 3.13. The van der Waals surface area contributed by atoms with Gasteiger partial charge in [-0.3, -0.25) is 4.79 Å². The second-order valence-electron chi connectivity index (χ2n) is 8.04. The van der Waals surface area contributed by atoms with E-state index in [1.54, 1.807) is 12.0 Å². The number of amides is 2. The number of rotatable bonds is 6. The van der Waals surface area contributed by atoms with Crippen LogP contribution in [0.5, 0.6) is 0 Å². The maximum Gasteiger partial charge on any atom is 0.317 e. The number of methoxy groups -OCH3 is 1. The topological polar surface area (TPSA) is 78.9 Å². The lowest BCUT2D eigenvalue weighted by molar-refractivity contribution is -0.149. The van der Waals surface area contributed by atoms with E-state index in [1.807, 2.05) is 0 Å². The van der Waals surface area contributed by atoms with E-state index in [0.29, 0.717) is 26.1 Å². The molecule has 3 aliphatic rings. The predicted molar refractivity (Wildman–Crippen MR) is 89.8 cm³/mol. The summed E-state index contributed by atoms with van der Waals surface area (Å²) < 4.78 is 5.24. The van der Waals surface area contributed by atoms with Gasteiger partial charge in [0.2, 0.25) is 0 Å². The minimum Gasteiger partial charge on any atom is -0.481 e. The van der Waals surface area contributed by atoms with Gasteiger partial charge in [-0.15, -0.1) is 0 Å². The third-order valence-corrected chi connectivity index (χ3v) is 6.70. The highest BCUT2D eigenvalue weighted by atomic mass is 16.5. The fraction of sp³-hybridized carbons (Fsp3) is 0.889. The van der Waals surface area contributed by atoms with E-state index >= 15 is 0 Å². The van der Waals surface area contributed by atoms with Crippen LogP contribution in [-0.2, 0) is 9.53 Å². The van der Waals surface area contributed by atoms with Gasteiger partial charge in [-0.05, 0) is 43.4 Å². The first kappa shape index (κ1) is 17.5. The summed E-state index contributed by atoms with van der Waals surface area (Å²) in [6.07, 6.45) is 8.28. The minimum atomic E-state index is -0.729. The zero-order chi connectivity index (χ0) is 17.2. The molecule has 0 aromatic heterocycles. The first-order valence-corrected chi connectivity index (χ1v) is 9.26. The fourth-order valence-electron chi connectivity index (χ4n) is 5.13. The maximum atomic E-state index is 12.6. The second kappa shape index (κ2) is 6.90. The summed E-state index contributed by atoms with van der Waals surface area (Å²) in [6, 6.07) is -0.0892. The van der Waals surface area contributed by atoms with Crippen LogP contribution in [0.1, 0.15) is 51.4 Å². The number of carbonyl (C=O) groups is 2. The van der Waals surface area contributed by atoms with Crippen molar-refractivity contribution in [1.29, 1.82) is 0 Å². The first-order valence-electron chi connectivity index (χ1n) is 9.26. The number of carboxylic acid groups (broad SMARTS) is 1. The number of nitrogens with zero attached hydrogens (tertiary/aromatic N) is 1. The van der Waals surface area contributed by atoms with Crippen LogP contribution in [-0.4, -0.2) is 55.4 Å². The summed E-state index contributed by atoms with van der Waals surface area (Å²) in [7, 11) is 1.72. The Kier molecular flexibility index (Phi) is 5.04. The van der Waals surface area contributed by atoms with Crippen molar-refractivity contribution in [2.24, 2.45) is 16.7 Å². The molecule has 2 N–H and O–H groups in total. The fourth-order valence-corrected chi connectivity index (χ4v) is 5.13. The Balaban J connectivity index is 1.57. The molecule has 24 heavy (non-hydrogen) atoms. The summed E-state index contributed by atoms with van der Waals surface area (Å²) in [5.74, 6) is -0.609. The highest BCUT2D eigenvalue weighted by Crippen LogP contribution is 2.49. The van der Waals surface area contributed by atoms with E-state index in [0.717, 1.165) is 38.7 Å². The average molecular weight is 338 g/mol. The number of hydrogen-bond donors (Lipinski definition) is 2. The van der Waals surface area contributed by atoms with Crippen molar-refractivity contribution < 1.29 is 19.4 Å². The Labute approximate surface area is 143 Å². The zero-order valence-electron chi connectivity index (χ0n) is 14.7. The molecule has 2 saturated carbocycles. The molecule has 6 heteroatoms. The van der Waals surface area contributed by atoms with Crippen molar-refractivity contribution in [2.75, 3.05) is 33.4 Å². The molecule has 1 heterocycles. The molecule has 2 aliphatic carbocycles. The van der Waals surface area contributed by atoms with Crippen molar-refractivity contribution in [3.63, 3.8) is 0 Å². The Bertz CT molecular complexity index is 489. The van der Waals surface area contributed by atoms with Crippen LogP contribution in [0.4, 0.5) is 4.79 Å². The molecule has 3 rings (SSSR count). The lowest BCUT2D eigenvalue weighted by atomic mass is 9.81. The van der Waals surface area contributed by atoms with Gasteiger partial charge >= 0.3 is 12.0 Å². The lowest BCUT2D eigenvalue weighted by Gasteiger charge is -2.30. The van der Waals surface area contributed by atoms with Gasteiger partial charge < -0.3 is 20.1 Å². The summed E-state index contributed by atoms with van der Waals surface area (Å²) in [5.41, 5.74) is -0.538. The van der Waals surface area contributed by atoms with Crippen molar-refractivity contribution >= 4 is 12.0 Å². The third-order valence-electron chi connectivity index (χ3n) is 6.70. The van der Waals surface area contributed by atoms with Gasteiger partial charge in [-0.2, -0.15) is 0 Å².